The first-order chi connectivity index (χ1) is 7.84. The highest BCUT2D eigenvalue weighted by molar-refractivity contribution is 7.10. The SMILES string of the molecule is O=C1Nc2ccccc2/C1=C/c1cncs1. The summed E-state index contributed by atoms with van der Waals surface area (Å²) >= 11 is 1.52. The molecule has 1 aromatic heterocycles. The lowest BCUT2D eigenvalue weighted by atomic mass is 10.1. The number of anilines is 1. The highest BCUT2D eigenvalue weighted by Crippen LogP contribution is 2.32. The standard InChI is InChI=1S/C12H8N2OS/c15-12-10(5-8-6-13-7-16-8)9-3-1-2-4-11(9)14-12/h1-7H,(H,14,15)/b10-5-. The van der Waals surface area contributed by atoms with Crippen LogP contribution < -0.4 is 5.32 Å². The second-order valence-electron chi connectivity index (χ2n) is 3.46. The molecule has 1 aromatic carbocycles. The third kappa shape index (κ3) is 1.44. The summed E-state index contributed by atoms with van der Waals surface area (Å²) in [7, 11) is 0. The van der Waals surface area contributed by atoms with Gasteiger partial charge in [0.15, 0.2) is 0 Å². The lowest BCUT2D eigenvalue weighted by Gasteiger charge is -1.95. The van der Waals surface area contributed by atoms with Crippen LogP contribution >= 0.6 is 11.3 Å². The average molecular weight is 228 g/mol. The molecule has 0 saturated carbocycles. The smallest absolute Gasteiger partial charge is 0.256 e. The van der Waals surface area contributed by atoms with Gasteiger partial charge in [-0.25, -0.2) is 0 Å². The number of para-hydroxylation sites is 1. The van der Waals surface area contributed by atoms with Crippen molar-refractivity contribution in [1.82, 2.24) is 4.98 Å². The first-order valence-electron chi connectivity index (χ1n) is 4.85. The molecule has 16 heavy (non-hydrogen) atoms. The number of nitrogens with one attached hydrogen (secondary N) is 1. The van der Waals surface area contributed by atoms with E-state index in [1.807, 2.05) is 30.3 Å². The van der Waals surface area contributed by atoms with Gasteiger partial charge in [0, 0.05) is 22.3 Å². The number of nitrogens with zero attached hydrogens (tertiary/aromatic N) is 1. The van der Waals surface area contributed by atoms with Gasteiger partial charge in [0.1, 0.15) is 0 Å². The minimum atomic E-state index is -0.0467. The molecule has 0 saturated heterocycles. The van der Waals surface area contributed by atoms with Gasteiger partial charge in [0.2, 0.25) is 0 Å². The van der Waals surface area contributed by atoms with E-state index in [2.05, 4.69) is 10.3 Å². The quantitative estimate of drug-likeness (QED) is 0.762. The molecule has 4 heteroatoms. The summed E-state index contributed by atoms with van der Waals surface area (Å²) in [6, 6.07) is 7.69. The number of amides is 1. The molecule has 1 aliphatic rings. The van der Waals surface area contributed by atoms with E-state index >= 15 is 0 Å². The number of carbonyl (C=O) groups excluding carboxylic acids is 1. The first-order valence-corrected chi connectivity index (χ1v) is 5.73. The van der Waals surface area contributed by atoms with Crippen molar-refractivity contribution in [3.05, 3.63) is 46.4 Å². The van der Waals surface area contributed by atoms with Crippen LogP contribution in [0, 0.1) is 0 Å². The van der Waals surface area contributed by atoms with Crippen LogP contribution in [-0.2, 0) is 4.79 Å². The van der Waals surface area contributed by atoms with Crippen LogP contribution in [0.4, 0.5) is 5.69 Å². The maximum Gasteiger partial charge on any atom is 0.256 e. The van der Waals surface area contributed by atoms with Crippen molar-refractivity contribution < 1.29 is 4.79 Å². The molecule has 0 atom stereocenters. The number of hydrogen-bond acceptors (Lipinski definition) is 3. The molecule has 3 nitrogen and oxygen atoms in total. The summed E-state index contributed by atoms with van der Waals surface area (Å²) in [6.07, 6.45) is 3.63. The highest BCUT2D eigenvalue weighted by Gasteiger charge is 2.23. The van der Waals surface area contributed by atoms with Crippen molar-refractivity contribution in [3.63, 3.8) is 0 Å². The number of fused-ring (bicyclic) bond motifs is 1. The summed E-state index contributed by atoms with van der Waals surface area (Å²) in [5, 5.41) is 2.84. The summed E-state index contributed by atoms with van der Waals surface area (Å²) in [5.74, 6) is -0.0467. The Morgan fingerprint density at radius 2 is 2.19 bits per heavy atom. The maximum absolute atomic E-state index is 11.8. The van der Waals surface area contributed by atoms with E-state index in [1.165, 1.54) is 11.3 Å². The third-order valence-corrected chi connectivity index (χ3v) is 3.17. The van der Waals surface area contributed by atoms with Gasteiger partial charge in [-0.2, -0.15) is 0 Å². The van der Waals surface area contributed by atoms with Gasteiger partial charge in [0.05, 0.1) is 11.1 Å². The molecule has 1 N–H and O–H groups in total. The van der Waals surface area contributed by atoms with E-state index in [4.69, 9.17) is 0 Å². The molecule has 1 amide bonds. The predicted molar refractivity (Wildman–Crippen MR) is 65.1 cm³/mol. The Kier molecular flexibility index (Phi) is 2.08. The zero-order valence-electron chi connectivity index (χ0n) is 8.31. The molecule has 0 unspecified atom stereocenters. The van der Waals surface area contributed by atoms with Gasteiger partial charge in [-0.05, 0) is 12.1 Å². The van der Waals surface area contributed by atoms with Gasteiger partial charge < -0.3 is 5.32 Å². The van der Waals surface area contributed by atoms with Crippen LogP contribution in [0.2, 0.25) is 0 Å². The lowest BCUT2D eigenvalue weighted by Crippen LogP contribution is -2.03. The molecule has 0 radical (unpaired) electrons. The maximum atomic E-state index is 11.8. The van der Waals surface area contributed by atoms with Crippen LogP contribution in [0.5, 0.6) is 0 Å². The Morgan fingerprint density at radius 3 is 3.00 bits per heavy atom. The molecule has 2 heterocycles. The van der Waals surface area contributed by atoms with E-state index in [-0.39, 0.29) is 5.91 Å². The van der Waals surface area contributed by atoms with Gasteiger partial charge in [-0.3, -0.25) is 9.78 Å². The fraction of sp³-hybridized carbons (Fsp3) is 0. The predicted octanol–water partition coefficient (Wildman–Crippen LogP) is 2.64. The van der Waals surface area contributed by atoms with Crippen molar-refractivity contribution in [2.24, 2.45) is 0 Å². The molecule has 1 aliphatic heterocycles. The number of carbonyl (C=O) groups is 1. The highest BCUT2D eigenvalue weighted by atomic mass is 32.1. The summed E-state index contributed by atoms with van der Waals surface area (Å²) in [4.78, 5) is 16.7. The monoisotopic (exact) mass is 228 g/mol. The number of hydrogen-bond donors (Lipinski definition) is 1. The molecule has 0 aliphatic carbocycles. The largest absolute Gasteiger partial charge is 0.321 e. The Morgan fingerprint density at radius 1 is 1.31 bits per heavy atom. The van der Waals surface area contributed by atoms with Crippen LogP contribution in [-0.4, -0.2) is 10.9 Å². The number of thiazole rings is 1. The van der Waals surface area contributed by atoms with Crippen LogP contribution in [0.15, 0.2) is 36.0 Å². The Balaban J connectivity index is 2.12. The minimum Gasteiger partial charge on any atom is -0.321 e. The second kappa shape index (κ2) is 3.57. The van der Waals surface area contributed by atoms with E-state index in [1.54, 1.807) is 11.7 Å². The number of benzene rings is 1. The van der Waals surface area contributed by atoms with Crippen molar-refractivity contribution in [2.45, 2.75) is 0 Å². The minimum absolute atomic E-state index is 0.0467. The normalized spacial score (nSPS) is 16.2. The molecule has 0 fully saturated rings. The topological polar surface area (TPSA) is 42.0 Å². The Bertz CT molecular complexity index is 572. The van der Waals surface area contributed by atoms with Gasteiger partial charge >= 0.3 is 0 Å². The van der Waals surface area contributed by atoms with Gasteiger partial charge in [-0.1, -0.05) is 18.2 Å². The summed E-state index contributed by atoms with van der Waals surface area (Å²) in [5.41, 5.74) is 4.30. The van der Waals surface area contributed by atoms with Crippen LogP contribution in [0.25, 0.3) is 11.6 Å². The van der Waals surface area contributed by atoms with Gasteiger partial charge in [-0.15, -0.1) is 11.3 Å². The summed E-state index contributed by atoms with van der Waals surface area (Å²) < 4.78 is 0. The molecule has 78 valence electrons. The zero-order chi connectivity index (χ0) is 11.0. The Hall–Kier alpha value is -1.94. The van der Waals surface area contributed by atoms with E-state index in [9.17, 15) is 4.79 Å². The molecular formula is C12H8N2OS. The van der Waals surface area contributed by atoms with E-state index in [0.717, 1.165) is 16.1 Å². The van der Waals surface area contributed by atoms with Crippen LogP contribution in [0.3, 0.4) is 0 Å². The second-order valence-corrected chi connectivity index (χ2v) is 4.38. The average Bonchev–Trinajstić information content (AvgIpc) is 2.89. The molecular weight excluding hydrogens is 220 g/mol. The molecule has 0 spiro atoms. The third-order valence-electron chi connectivity index (χ3n) is 2.45. The molecule has 2 aromatic rings. The van der Waals surface area contributed by atoms with Crippen molar-refractivity contribution >= 4 is 34.6 Å². The van der Waals surface area contributed by atoms with Crippen LogP contribution in [0.1, 0.15) is 10.4 Å². The molecule has 0 bridgehead atoms. The van der Waals surface area contributed by atoms with E-state index in [0.29, 0.717) is 5.57 Å². The Labute approximate surface area is 96.5 Å². The first kappa shape index (κ1) is 9.30. The molecule has 3 rings (SSSR count). The fourth-order valence-corrected chi connectivity index (χ4v) is 2.27. The van der Waals surface area contributed by atoms with Gasteiger partial charge in [0.25, 0.3) is 5.91 Å². The fourth-order valence-electron chi connectivity index (χ4n) is 1.72. The van der Waals surface area contributed by atoms with Crippen molar-refractivity contribution in [1.29, 1.82) is 0 Å². The zero-order valence-corrected chi connectivity index (χ0v) is 9.12. The van der Waals surface area contributed by atoms with Crippen molar-refractivity contribution in [2.75, 3.05) is 5.32 Å². The summed E-state index contributed by atoms with van der Waals surface area (Å²) in [6.45, 7) is 0. The lowest BCUT2D eigenvalue weighted by molar-refractivity contribution is -0.110. The number of aromatic nitrogens is 1. The number of rotatable bonds is 1. The van der Waals surface area contributed by atoms with Crippen molar-refractivity contribution in [3.8, 4) is 0 Å². The van der Waals surface area contributed by atoms with E-state index < -0.39 is 0 Å².